The smallest absolute Gasteiger partial charge is 0.0376 e. The molecule has 1 fully saturated rings. The van der Waals surface area contributed by atoms with Crippen LogP contribution in [0.25, 0.3) is 0 Å². The summed E-state index contributed by atoms with van der Waals surface area (Å²) in [5.41, 5.74) is 4.21. The lowest BCUT2D eigenvalue weighted by Crippen LogP contribution is -2.31. The molecule has 100 valence electrons. The number of hydrogen-bond donors (Lipinski definition) is 1. The Balaban J connectivity index is 1.84. The molecule has 0 aliphatic heterocycles. The van der Waals surface area contributed by atoms with Gasteiger partial charge in [0.2, 0.25) is 0 Å². The van der Waals surface area contributed by atoms with Gasteiger partial charge in [0, 0.05) is 11.9 Å². The molecule has 0 bridgehead atoms. The molecule has 1 saturated carbocycles. The molecule has 2 unspecified atom stereocenters. The van der Waals surface area contributed by atoms with Crippen LogP contribution in [0.2, 0.25) is 0 Å². The van der Waals surface area contributed by atoms with E-state index in [1.54, 1.807) is 0 Å². The SMILES string of the molecule is Cc1cccc(C)c1CNCC1CCCCC1Cl. The second-order valence-electron chi connectivity index (χ2n) is 5.56. The van der Waals surface area contributed by atoms with Crippen LogP contribution in [-0.2, 0) is 6.54 Å². The minimum Gasteiger partial charge on any atom is -0.312 e. The Morgan fingerprint density at radius 2 is 1.83 bits per heavy atom. The van der Waals surface area contributed by atoms with E-state index < -0.39 is 0 Å². The fraction of sp³-hybridized carbons (Fsp3) is 0.625. The van der Waals surface area contributed by atoms with Crippen LogP contribution in [0.4, 0.5) is 0 Å². The van der Waals surface area contributed by atoms with Crippen molar-refractivity contribution in [3.05, 3.63) is 34.9 Å². The molecule has 1 nitrogen and oxygen atoms in total. The molecule has 1 aliphatic rings. The average molecular weight is 266 g/mol. The highest BCUT2D eigenvalue weighted by atomic mass is 35.5. The van der Waals surface area contributed by atoms with Crippen molar-refractivity contribution >= 4 is 11.6 Å². The molecule has 2 atom stereocenters. The number of alkyl halides is 1. The summed E-state index contributed by atoms with van der Waals surface area (Å²) in [6.45, 7) is 6.41. The van der Waals surface area contributed by atoms with Gasteiger partial charge in [0.15, 0.2) is 0 Å². The summed E-state index contributed by atoms with van der Waals surface area (Å²) < 4.78 is 0. The van der Waals surface area contributed by atoms with Crippen molar-refractivity contribution in [2.45, 2.75) is 51.5 Å². The molecular weight excluding hydrogens is 242 g/mol. The first kappa shape index (κ1) is 13.9. The average Bonchev–Trinajstić information content (AvgIpc) is 2.35. The highest BCUT2D eigenvalue weighted by molar-refractivity contribution is 6.20. The van der Waals surface area contributed by atoms with Crippen molar-refractivity contribution in [2.24, 2.45) is 5.92 Å². The fourth-order valence-corrected chi connectivity index (χ4v) is 3.27. The number of nitrogens with one attached hydrogen (secondary N) is 1. The van der Waals surface area contributed by atoms with Gasteiger partial charge in [0.25, 0.3) is 0 Å². The van der Waals surface area contributed by atoms with Crippen molar-refractivity contribution in [3.63, 3.8) is 0 Å². The maximum Gasteiger partial charge on any atom is 0.0376 e. The Labute approximate surface area is 116 Å². The summed E-state index contributed by atoms with van der Waals surface area (Å²) in [6, 6.07) is 6.51. The first-order valence-corrected chi connectivity index (χ1v) is 7.52. The summed E-state index contributed by atoms with van der Waals surface area (Å²) in [7, 11) is 0. The zero-order chi connectivity index (χ0) is 13.0. The van der Waals surface area contributed by atoms with Gasteiger partial charge in [-0.1, -0.05) is 31.0 Å². The van der Waals surface area contributed by atoms with E-state index in [0.29, 0.717) is 11.3 Å². The first-order chi connectivity index (χ1) is 8.68. The van der Waals surface area contributed by atoms with Crippen LogP contribution in [0.15, 0.2) is 18.2 Å². The molecule has 0 amide bonds. The maximum absolute atomic E-state index is 6.39. The highest BCUT2D eigenvalue weighted by Crippen LogP contribution is 2.28. The molecule has 0 aromatic heterocycles. The van der Waals surface area contributed by atoms with Crippen LogP contribution in [0, 0.1) is 19.8 Å². The molecule has 2 rings (SSSR count). The Morgan fingerprint density at radius 1 is 1.17 bits per heavy atom. The van der Waals surface area contributed by atoms with Gasteiger partial charge in [-0.3, -0.25) is 0 Å². The standard InChI is InChI=1S/C16H24ClN/c1-12-6-5-7-13(2)15(12)11-18-10-14-8-3-4-9-16(14)17/h5-7,14,16,18H,3-4,8-11H2,1-2H3. The molecule has 0 saturated heterocycles. The Morgan fingerprint density at radius 3 is 2.50 bits per heavy atom. The van der Waals surface area contributed by atoms with Crippen LogP contribution in [0.3, 0.4) is 0 Å². The second kappa shape index (κ2) is 6.58. The van der Waals surface area contributed by atoms with Crippen molar-refractivity contribution in [3.8, 4) is 0 Å². The van der Waals surface area contributed by atoms with Gasteiger partial charge in [0.1, 0.15) is 0 Å². The van der Waals surface area contributed by atoms with Crippen LogP contribution in [-0.4, -0.2) is 11.9 Å². The normalized spacial score (nSPS) is 24.2. The van der Waals surface area contributed by atoms with E-state index in [1.807, 2.05) is 0 Å². The van der Waals surface area contributed by atoms with E-state index in [9.17, 15) is 0 Å². The summed E-state index contributed by atoms with van der Waals surface area (Å²) in [6.07, 6.45) is 5.13. The molecule has 0 radical (unpaired) electrons. The lowest BCUT2D eigenvalue weighted by molar-refractivity contribution is 0.348. The van der Waals surface area contributed by atoms with Gasteiger partial charge in [-0.25, -0.2) is 0 Å². The summed E-state index contributed by atoms with van der Waals surface area (Å²) in [5.74, 6) is 0.657. The Kier molecular flexibility index (Phi) is 5.08. The lowest BCUT2D eigenvalue weighted by atomic mass is 9.88. The third-order valence-electron chi connectivity index (χ3n) is 4.17. The number of halogens is 1. The van der Waals surface area contributed by atoms with E-state index in [1.165, 1.54) is 42.4 Å². The predicted molar refractivity (Wildman–Crippen MR) is 79.2 cm³/mol. The van der Waals surface area contributed by atoms with Gasteiger partial charge in [0.05, 0.1) is 0 Å². The molecule has 1 aliphatic carbocycles. The van der Waals surface area contributed by atoms with Crippen LogP contribution in [0.1, 0.15) is 42.4 Å². The van der Waals surface area contributed by atoms with Gasteiger partial charge in [-0.15, -0.1) is 11.6 Å². The Bertz CT molecular complexity index is 368. The third-order valence-corrected chi connectivity index (χ3v) is 4.74. The summed E-state index contributed by atoms with van der Waals surface area (Å²) in [4.78, 5) is 0. The monoisotopic (exact) mass is 265 g/mol. The van der Waals surface area contributed by atoms with Crippen molar-refractivity contribution in [2.75, 3.05) is 6.54 Å². The van der Waals surface area contributed by atoms with Gasteiger partial charge >= 0.3 is 0 Å². The minimum atomic E-state index is 0.379. The quantitative estimate of drug-likeness (QED) is 0.805. The van der Waals surface area contributed by atoms with Crippen LogP contribution >= 0.6 is 11.6 Å². The number of benzene rings is 1. The molecule has 1 N–H and O–H groups in total. The summed E-state index contributed by atoms with van der Waals surface area (Å²) >= 11 is 6.39. The summed E-state index contributed by atoms with van der Waals surface area (Å²) in [5, 5.41) is 3.98. The van der Waals surface area contributed by atoms with Crippen LogP contribution in [0.5, 0.6) is 0 Å². The van der Waals surface area contributed by atoms with E-state index in [0.717, 1.165) is 13.1 Å². The number of rotatable bonds is 4. The van der Waals surface area contributed by atoms with E-state index in [4.69, 9.17) is 11.6 Å². The van der Waals surface area contributed by atoms with E-state index in [2.05, 4.69) is 37.4 Å². The molecule has 1 aromatic rings. The molecule has 0 spiro atoms. The number of aryl methyl sites for hydroxylation is 2. The fourth-order valence-electron chi connectivity index (χ4n) is 2.90. The largest absolute Gasteiger partial charge is 0.312 e. The number of hydrogen-bond acceptors (Lipinski definition) is 1. The van der Waals surface area contributed by atoms with Gasteiger partial charge in [-0.2, -0.15) is 0 Å². The first-order valence-electron chi connectivity index (χ1n) is 7.08. The third kappa shape index (κ3) is 3.49. The van der Waals surface area contributed by atoms with E-state index >= 15 is 0 Å². The van der Waals surface area contributed by atoms with Crippen molar-refractivity contribution in [1.29, 1.82) is 0 Å². The lowest BCUT2D eigenvalue weighted by Gasteiger charge is -2.27. The molecule has 18 heavy (non-hydrogen) atoms. The van der Waals surface area contributed by atoms with Crippen molar-refractivity contribution in [1.82, 2.24) is 5.32 Å². The zero-order valence-electron chi connectivity index (χ0n) is 11.5. The molecule has 0 heterocycles. The predicted octanol–water partition coefficient (Wildman–Crippen LogP) is 4.19. The van der Waals surface area contributed by atoms with Crippen molar-refractivity contribution < 1.29 is 0 Å². The molecule has 1 aromatic carbocycles. The molecular formula is C16H24ClN. The zero-order valence-corrected chi connectivity index (χ0v) is 12.3. The highest BCUT2D eigenvalue weighted by Gasteiger charge is 2.22. The molecule has 2 heteroatoms. The minimum absolute atomic E-state index is 0.379. The second-order valence-corrected chi connectivity index (χ2v) is 6.12. The maximum atomic E-state index is 6.39. The Hall–Kier alpha value is -0.530. The van der Waals surface area contributed by atoms with Crippen LogP contribution < -0.4 is 5.32 Å². The van der Waals surface area contributed by atoms with Gasteiger partial charge in [-0.05, 0) is 55.8 Å². The van der Waals surface area contributed by atoms with Gasteiger partial charge < -0.3 is 5.32 Å². The topological polar surface area (TPSA) is 12.0 Å². The van der Waals surface area contributed by atoms with E-state index in [-0.39, 0.29) is 0 Å².